The summed E-state index contributed by atoms with van der Waals surface area (Å²) < 4.78 is 0. The van der Waals surface area contributed by atoms with Gasteiger partial charge in [0, 0.05) is 42.6 Å². The molecule has 2 aliphatic rings. The van der Waals surface area contributed by atoms with Crippen molar-refractivity contribution in [3.05, 3.63) is 120 Å². The molecular formula is C34H31N3O3. The predicted octanol–water partition coefficient (Wildman–Crippen LogP) is 6.05. The number of amides is 3. The molecule has 4 aromatic rings. The van der Waals surface area contributed by atoms with Crippen LogP contribution in [0.5, 0.6) is 0 Å². The molecular weight excluding hydrogens is 498 g/mol. The Morgan fingerprint density at radius 2 is 1.45 bits per heavy atom. The number of carbonyl (C=O) groups is 3. The lowest BCUT2D eigenvalue weighted by Gasteiger charge is -2.26. The van der Waals surface area contributed by atoms with Gasteiger partial charge < -0.3 is 15.1 Å². The van der Waals surface area contributed by atoms with E-state index in [1.54, 1.807) is 29.2 Å². The number of fused-ring (bicyclic) bond motifs is 1. The van der Waals surface area contributed by atoms with Crippen molar-refractivity contribution in [1.82, 2.24) is 4.90 Å². The van der Waals surface area contributed by atoms with Crippen molar-refractivity contribution in [2.24, 2.45) is 5.41 Å². The molecule has 40 heavy (non-hydrogen) atoms. The third-order valence-corrected chi connectivity index (χ3v) is 8.24. The van der Waals surface area contributed by atoms with E-state index in [1.807, 2.05) is 90.8 Å². The van der Waals surface area contributed by atoms with Crippen LogP contribution in [0.3, 0.4) is 0 Å². The monoisotopic (exact) mass is 529 g/mol. The molecule has 1 saturated heterocycles. The standard InChI is InChI=1S/C34H31N3O3/c1-36-21-19-34(33(36)40)20-22-37(30-14-8-5-11-26(30)23-34)32(39)25-15-17-27(18-16-25)35-31(38)29-13-7-6-12-28(29)24-9-3-2-4-10-24/h2-18H,19-23H2,1H3,(H,35,38). The molecule has 2 aliphatic heterocycles. The van der Waals surface area contributed by atoms with E-state index >= 15 is 0 Å². The minimum Gasteiger partial charge on any atom is -0.345 e. The van der Waals surface area contributed by atoms with Crippen LogP contribution in [-0.2, 0) is 11.2 Å². The Morgan fingerprint density at radius 1 is 0.775 bits per heavy atom. The lowest BCUT2D eigenvalue weighted by atomic mass is 9.78. The summed E-state index contributed by atoms with van der Waals surface area (Å²) in [6, 6.07) is 32.3. The molecule has 1 unspecified atom stereocenters. The van der Waals surface area contributed by atoms with Gasteiger partial charge in [0.15, 0.2) is 0 Å². The van der Waals surface area contributed by atoms with Gasteiger partial charge in [-0.1, -0.05) is 66.7 Å². The molecule has 0 aliphatic carbocycles. The molecule has 6 rings (SSSR count). The molecule has 6 heteroatoms. The molecule has 0 bridgehead atoms. The topological polar surface area (TPSA) is 69.7 Å². The summed E-state index contributed by atoms with van der Waals surface area (Å²) in [7, 11) is 1.86. The first-order valence-corrected chi connectivity index (χ1v) is 13.7. The number of hydrogen-bond acceptors (Lipinski definition) is 3. The number of benzene rings is 4. The van der Waals surface area contributed by atoms with Crippen LogP contribution < -0.4 is 10.2 Å². The van der Waals surface area contributed by atoms with Crippen molar-refractivity contribution in [3.8, 4) is 11.1 Å². The number of hydrogen-bond donors (Lipinski definition) is 1. The van der Waals surface area contributed by atoms with Crippen molar-refractivity contribution < 1.29 is 14.4 Å². The largest absolute Gasteiger partial charge is 0.345 e. The van der Waals surface area contributed by atoms with Crippen molar-refractivity contribution in [3.63, 3.8) is 0 Å². The van der Waals surface area contributed by atoms with Gasteiger partial charge in [-0.25, -0.2) is 0 Å². The molecule has 4 aromatic carbocycles. The normalized spacial score (nSPS) is 18.4. The third kappa shape index (κ3) is 4.66. The first-order valence-electron chi connectivity index (χ1n) is 13.7. The maximum atomic E-state index is 13.8. The second-order valence-electron chi connectivity index (χ2n) is 10.7. The van der Waals surface area contributed by atoms with Crippen molar-refractivity contribution in [2.75, 3.05) is 30.4 Å². The van der Waals surface area contributed by atoms with Crippen molar-refractivity contribution >= 4 is 29.1 Å². The van der Waals surface area contributed by atoms with Gasteiger partial charge in [0.05, 0.1) is 5.41 Å². The van der Waals surface area contributed by atoms with E-state index in [2.05, 4.69) is 5.32 Å². The average molecular weight is 530 g/mol. The molecule has 6 nitrogen and oxygen atoms in total. The molecule has 0 radical (unpaired) electrons. The van der Waals surface area contributed by atoms with Crippen LogP contribution in [0.2, 0.25) is 0 Å². The van der Waals surface area contributed by atoms with Crippen molar-refractivity contribution in [1.29, 1.82) is 0 Å². The Morgan fingerprint density at radius 3 is 2.20 bits per heavy atom. The fourth-order valence-electron chi connectivity index (χ4n) is 6.03. The first-order chi connectivity index (χ1) is 19.4. The highest BCUT2D eigenvalue weighted by molar-refractivity contribution is 6.10. The molecule has 200 valence electrons. The average Bonchev–Trinajstić information content (AvgIpc) is 3.16. The molecule has 3 amide bonds. The highest BCUT2D eigenvalue weighted by Crippen LogP contribution is 2.43. The van der Waals surface area contributed by atoms with Gasteiger partial charge in [-0.2, -0.15) is 0 Å². The lowest BCUT2D eigenvalue weighted by molar-refractivity contribution is -0.135. The maximum Gasteiger partial charge on any atom is 0.258 e. The van der Waals surface area contributed by atoms with Gasteiger partial charge in [0.25, 0.3) is 11.8 Å². The number of likely N-dealkylation sites (tertiary alicyclic amines) is 1. The fourth-order valence-corrected chi connectivity index (χ4v) is 6.03. The van der Waals surface area contributed by atoms with Gasteiger partial charge in [0.1, 0.15) is 0 Å². The molecule has 1 fully saturated rings. The van der Waals surface area contributed by atoms with E-state index in [4.69, 9.17) is 0 Å². The molecule has 2 heterocycles. The number of para-hydroxylation sites is 1. The lowest BCUT2D eigenvalue weighted by Crippen LogP contribution is -2.37. The minimum absolute atomic E-state index is 0.115. The van der Waals surface area contributed by atoms with Crippen LogP contribution in [-0.4, -0.2) is 42.8 Å². The molecule has 1 N–H and O–H groups in total. The summed E-state index contributed by atoms with van der Waals surface area (Å²) in [4.78, 5) is 43.7. The van der Waals surface area contributed by atoms with Gasteiger partial charge >= 0.3 is 0 Å². The van der Waals surface area contributed by atoms with Crippen LogP contribution in [0, 0.1) is 5.41 Å². The SMILES string of the molecule is CN1CCC2(CCN(C(=O)c3ccc(NC(=O)c4ccccc4-c4ccccc4)cc3)c3ccccc3C2)C1=O. The zero-order chi connectivity index (χ0) is 27.7. The summed E-state index contributed by atoms with van der Waals surface area (Å²) in [6.45, 7) is 1.22. The quantitative estimate of drug-likeness (QED) is 0.350. The zero-order valence-electron chi connectivity index (χ0n) is 22.5. The second-order valence-corrected chi connectivity index (χ2v) is 10.7. The Balaban J connectivity index is 1.21. The summed E-state index contributed by atoms with van der Waals surface area (Å²) in [5.41, 5.74) is 4.99. The number of rotatable bonds is 4. The van der Waals surface area contributed by atoms with Gasteiger partial charge in [0.2, 0.25) is 5.91 Å². The highest BCUT2D eigenvalue weighted by Gasteiger charge is 2.47. The van der Waals surface area contributed by atoms with Gasteiger partial charge in [-0.05, 0) is 72.4 Å². The summed E-state index contributed by atoms with van der Waals surface area (Å²) in [5.74, 6) is -0.155. The van der Waals surface area contributed by atoms with Crippen LogP contribution in [0.25, 0.3) is 11.1 Å². The molecule has 1 spiro atoms. The third-order valence-electron chi connectivity index (χ3n) is 8.24. The number of carbonyl (C=O) groups excluding carboxylic acids is 3. The smallest absolute Gasteiger partial charge is 0.258 e. The van der Waals surface area contributed by atoms with Crippen LogP contribution >= 0.6 is 0 Å². The van der Waals surface area contributed by atoms with E-state index in [0.717, 1.165) is 35.3 Å². The Labute approximate surface area is 234 Å². The maximum absolute atomic E-state index is 13.8. The van der Waals surface area contributed by atoms with E-state index in [-0.39, 0.29) is 17.7 Å². The minimum atomic E-state index is -0.454. The Kier molecular flexibility index (Phi) is 6.68. The van der Waals surface area contributed by atoms with Crippen LogP contribution in [0.4, 0.5) is 11.4 Å². The summed E-state index contributed by atoms with van der Waals surface area (Å²) in [6.07, 6.45) is 2.08. The Bertz CT molecular complexity index is 1580. The molecule has 1 atom stereocenters. The number of nitrogens with one attached hydrogen (secondary N) is 1. The summed E-state index contributed by atoms with van der Waals surface area (Å²) in [5, 5.41) is 2.98. The summed E-state index contributed by atoms with van der Waals surface area (Å²) >= 11 is 0. The van der Waals surface area contributed by atoms with E-state index in [9.17, 15) is 14.4 Å². The van der Waals surface area contributed by atoms with Crippen molar-refractivity contribution in [2.45, 2.75) is 19.3 Å². The highest BCUT2D eigenvalue weighted by atomic mass is 16.2. The predicted molar refractivity (Wildman–Crippen MR) is 157 cm³/mol. The fraction of sp³-hybridized carbons (Fsp3) is 0.206. The second kappa shape index (κ2) is 10.5. The van der Waals surface area contributed by atoms with Gasteiger partial charge in [-0.3, -0.25) is 14.4 Å². The van der Waals surface area contributed by atoms with E-state index in [1.165, 1.54) is 0 Å². The van der Waals surface area contributed by atoms with Gasteiger partial charge in [-0.15, -0.1) is 0 Å². The molecule has 0 aromatic heterocycles. The number of nitrogens with zero attached hydrogens (tertiary/aromatic N) is 2. The van der Waals surface area contributed by atoms with Crippen LogP contribution in [0.1, 0.15) is 39.1 Å². The zero-order valence-corrected chi connectivity index (χ0v) is 22.5. The van der Waals surface area contributed by atoms with Crippen LogP contribution in [0.15, 0.2) is 103 Å². The first kappa shape index (κ1) is 25.6. The molecule has 0 saturated carbocycles. The van der Waals surface area contributed by atoms with E-state index < -0.39 is 5.41 Å². The number of anilines is 2. The van der Waals surface area contributed by atoms with E-state index in [0.29, 0.717) is 36.2 Å². The Hall–Kier alpha value is -4.71.